The van der Waals surface area contributed by atoms with Gasteiger partial charge in [0.15, 0.2) is 0 Å². The molecule has 2 amide bonds. The second-order valence-corrected chi connectivity index (χ2v) is 7.41. The van der Waals surface area contributed by atoms with Crippen LogP contribution in [0.4, 0.5) is 0 Å². The van der Waals surface area contributed by atoms with Crippen molar-refractivity contribution >= 4 is 23.4 Å². The lowest BCUT2D eigenvalue weighted by atomic mass is 9.91. The summed E-state index contributed by atoms with van der Waals surface area (Å²) >= 11 is 5.95. The molecule has 1 aromatic carbocycles. The summed E-state index contributed by atoms with van der Waals surface area (Å²) in [6.45, 7) is 8.26. The third kappa shape index (κ3) is 6.27. The van der Waals surface area contributed by atoms with Crippen molar-refractivity contribution in [3.63, 3.8) is 0 Å². The number of carbonyl (C=O) groups excluding carboxylic acids is 2. The van der Waals surface area contributed by atoms with E-state index in [1.54, 1.807) is 13.8 Å². The van der Waals surface area contributed by atoms with Crippen molar-refractivity contribution in [3.05, 3.63) is 34.9 Å². The molecule has 26 heavy (non-hydrogen) atoms. The maximum absolute atomic E-state index is 12.4. The van der Waals surface area contributed by atoms with Gasteiger partial charge in [-0.1, -0.05) is 23.7 Å². The van der Waals surface area contributed by atoms with Crippen molar-refractivity contribution in [2.45, 2.75) is 20.3 Å². The number of nitrogens with zero attached hydrogens (tertiary/aromatic N) is 1. The number of benzene rings is 1. The molecule has 0 aromatic heterocycles. The molecular formula is C19H28ClN3O3. The Balaban J connectivity index is 1.71. The molecule has 1 aromatic rings. The quantitative estimate of drug-likeness (QED) is 0.669. The van der Waals surface area contributed by atoms with Crippen molar-refractivity contribution in [2.75, 3.05) is 45.9 Å². The fourth-order valence-electron chi connectivity index (χ4n) is 2.71. The lowest BCUT2D eigenvalue weighted by Gasteiger charge is -2.27. The summed E-state index contributed by atoms with van der Waals surface area (Å²) in [6.07, 6.45) is 0.668. The second kappa shape index (κ2) is 9.90. The second-order valence-electron chi connectivity index (χ2n) is 6.97. The minimum absolute atomic E-state index is 0.258. The van der Waals surface area contributed by atoms with E-state index in [9.17, 15) is 9.59 Å². The number of carbonyl (C=O) groups is 2. The Kier molecular flexibility index (Phi) is 7.87. The van der Waals surface area contributed by atoms with Crippen molar-refractivity contribution in [1.29, 1.82) is 0 Å². The highest BCUT2D eigenvalue weighted by Crippen LogP contribution is 2.16. The molecule has 0 atom stereocenters. The van der Waals surface area contributed by atoms with Crippen LogP contribution < -0.4 is 10.6 Å². The standard InChI is InChI=1S/C19H28ClN3O3/c1-19(2,18(25)22-8-9-23-10-12-26-13-11-23)17(24)21-7-6-15-4-3-5-16(20)14-15/h3-5,14H,6-13H2,1-2H3,(H,21,24)(H,22,25). The molecule has 0 saturated carbocycles. The molecule has 1 saturated heterocycles. The lowest BCUT2D eigenvalue weighted by molar-refractivity contribution is -0.141. The first-order valence-electron chi connectivity index (χ1n) is 9.01. The van der Waals surface area contributed by atoms with E-state index in [2.05, 4.69) is 15.5 Å². The summed E-state index contributed by atoms with van der Waals surface area (Å²) in [5, 5.41) is 6.38. The molecule has 0 radical (unpaired) electrons. The molecule has 0 bridgehead atoms. The van der Waals surface area contributed by atoms with Crippen LogP contribution in [0.5, 0.6) is 0 Å². The van der Waals surface area contributed by atoms with Crippen molar-refractivity contribution in [2.24, 2.45) is 5.41 Å². The largest absolute Gasteiger partial charge is 0.379 e. The van der Waals surface area contributed by atoms with Gasteiger partial charge in [0.1, 0.15) is 5.41 Å². The summed E-state index contributed by atoms with van der Waals surface area (Å²) in [7, 11) is 0. The number of hydrogen-bond acceptors (Lipinski definition) is 4. The van der Waals surface area contributed by atoms with Crippen LogP contribution in [-0.4, -0.2) is 62.7 Å². The van der Waals surface area contributed by atoms with Gasteiger partial charge >= 0.3 is 0 Å². The summed E-state index contributed by atoms with van der Waals surface area (Å²) < 4.78 is 5.30. The van der Waals surface area contributed by atoms with Crippen LogP contribution in [0, 0.1) is 5.41 Å². The molecule has 0 spiro atoms. The summed E-state index contributed by atoms with van der Waals surface area (Å²) in [5.74, 6) is -0.533. The normalized spacial score (nSPS) is 15.5. The molecule has 144 valence electrons. The van der Waals surface area contributed by atoms with Gasteiger partial charge in [-0.05, 0) is 38.0 Å². The van der Waals surface area contributed by atoms with Crippen LogP contribution in [0.15, 0.2) is 24.3 Å². The number of nitrogens with one attached hydrogen (secondary N) is 2. The van der Waals surface area contributed by atoms with Crippen molar-refractivity contribution < 1.29 is 14.3 Å². The molecule has 2 N–H and O–H groups in total. The molecule has 1 fully saturated rings. The molecule has 1 heterocycles. The Hall–Kier alpha value is -1.63. The van der Waals surface area contributed by atoms with E-state index < -0.39 is 5.41 Å². The Labute approximate surface area is 160 Å². The first-order chi connectivity index (χ1) is 12.4. The van der Waals surface area contributed by atoms with E-state index in [0.717, 1.165) is 38.4 Å². The van der Waals surface area contributed by atoms with Crippen molar-refractivity contribution in [1.82, 2.24) is 15.5 Å². The molecule has 1 aliphatic heterocycles. The van der Waals surface area contributed by atoms with Crippen LogP contribution in [-0.2, 0) is 20.7 Å². The molecule has 2 rings (SSSR count). The lowest BCUT2D eigenvalue weighted by Crippen LogP contribution is -2.50. The average Bonchev–Trinajstić information content (AvgIpc) is 2.62. The zero-order chi connectivity index (χ0) is 19.0. The Morgan fingerprint density at radius 3 is 2.46 bits per heavy atom. The average molecular weight is 382 g/mol. The third-order valence-corrected chi connectivity index (χ3v) is 4.78. The fourth-order valence-corrected chi connectivity index (χ4v) is 2.92. The van der Waals surface area contributed by atoms with E-state index in [1.165, 1.54) is 0 Å². The Morgan fingerprint density at radius 2 is 1.81 bits per heavy atom. The van der Waals surface area contributed by atoms with E-state index in [1.807, 2.05) is 24.3 Å². The van der Waals surface area contributed by atoms with Gasteiger partial charge in [0.25, 0.3) is 0 Å². The van der Waals surface area contributed by atoms with E-state index in [4.69, 9.17) is 16.3 Å². The zero-order valence-electron chi connectivity index (χ0n) is 15.5. The molecule has 0 aliphatic carbocycles. The topological polar surface area (TPSA) is 70.7 Å². The van der Waals surface area contributed by atoms with Gasteiger partial charge in [-0.3, -0.25) is 14.5 Å². The zero-order valence-corrected chi connectivity index (χ0v) is 16.3. The summed E-state index contributed by atoms with van der Waals surface area (Å²) in [6, 6.07) is 7.53. The highest BCUT2D eigenvalue weighted by Gasteiger charge is 2.35. The summed E-state index contributed by atoms with van der Waals surface area (Å²) in [4.78, 5) is 27.0. The van der Waals surface area contributed by atoms with Crippen molar-refractivity contribution in [3.8, 4) is 0 Å². The predicted octanol–water partition coefficient (Wildman–Crippen LogP) is 1.47. The van der Waals surface area contributed by atoms with Crippen LogP contribution >= 0.6 is 11.6 Å². The number of morpholine rings is 1. The molecule has 7 heteroatoms. The third-order valence-electron chi connectivity index (χ3n) is 4.54. The van der Waals surface area contributed by atoms with Crippen LogP contribution in [0.2, 0.25) is 5.02 Å². The Morgan fingerprint density at radius 1 is 1.15 bits per heavy atom. The van der Waals surface area contributed by atoms with E-state index in [0.29, 0.717) is 24.5 Å². The van der Waals surface area contributed by atoms with E-state index >= 15 is 0 Å². The monoisotopic (exact) mass is 381 g/mol. The van der Waals surface area contributed by atoms with Gasteiger partial charge < -0.3 is 15.4 Å². The van der Waals surface area contributed by atoms with Gasteiger partial charge in [-0.2, -0.15) is 0 Å². The van der Waals surface area contributed by atoms with E-state index in [-0.39, 0.29) is 11.8 Å². The maximum atomic E-state index is 12.4. The molecule has 6 nitrogen and oxygen atoms in total. The number of rotatable bonds is 8. The number of ether oxygens (including phenoxy) is 1. The van der Waals surface area contributed by atoms with Crippen LogP contribution in [0.1, 0.15) is 19.4 Å². The van der Waals surface area contributed by atoms with Gasteiger partial charge in [0.2, 0.25) is 11.8 Å². The fraction of sp³-hybridized carbons (Fsp3) is 0.579. The minimum atomic E-state index is -1.11. The smallest absolute Gasteiger partial charge is 0.235 e. The first-order valence-corrected chi connectivity index (χ1v) is 9.38. The minimum Gasteiger partial charge on any atom is -0.379 e. The molecule has 1 aliphatic rings. The van der Waals surface area contributed by atoms with Gasteiger partial charge in [0.05, 0.1) is 13.2 Å². The maximum Gasteiger partial charge on any atom is 0.235 e. The molecule has 0 unspecified atom stereocenters. The highest BCUT2D eigenvalue weighted by atomic mass is 35.5. The molecular weight excluding hydrogens is 354 g/mol. The summed E-state index contributed by atoms with van der Waals surface area (Å²) in [5.41, 5.74) is -0.0649. The SMILES string of the molecule is CC(C)(C(=O)NCCc1cccc(Cl)c1)C(=O)NCCN1CCOCC1. The highest BCUT2D eigenvalue weighted by molar-refractivity contribution is 6.30. The van der Waals surface area contributed by atoms with Gasteiger partial charge in [-0.25, -0.2) is 0 Å². The van der Waals surface area contributed by atoms with Crippen LogP contribution in [0.25, 0.3) is 0 Å². The van der Waals surface area contributed by atoms with Gasteiger partial charge in [-0.15, -0.1) is 0 Å². The predicted molar refractivity (Wildman–Crippen MR) is 102 cm³/mol. The van der Waals surface area contributed by atoms with Gasteiger partial charge in [0, 0.05) is 37.7 Å². The number of amides is 2. The van der Waals surface area contributed by atoms with Crippen LogP contribution in [0.3, 0.4) is 0 Å². The number of hydrogen-bond donors (Lipinski definition) is 2. The number of halogens is 1. The Bertz CT molecular complexity index is 616. The first kappa shape index (κ1) is 20.7.